The molecule has 2 aromatic rings. The fourth-order valence-corrected chi connectivity index (χ4v) is 3.11. The number of ether oxygens (including phenoxy) is 2. The van der Waals surface area contributed by atoms with E-state index in [1.807, 2.05) is 6.92 Å². The van der Waals surface area contributed by atoms with Crippen LogP contribution in [0.15, 0.2) is 27.8 Å². The molecule has 1 N–H and O–H groups in total. The van der Waals surface area contributed by atoms with Crippen molar-refractivity contribution in [1.29, 1.82) is 0 Å². The van der Waals surface area contributed by atoms with Gasteiger partial charge in [0.1, 0.15) is 11.5 Å². The van der Waals surface area contributed by atoms with E-state index in [1.54, 1.807) is 32.4 Å². The first-order valence-electron chi connectivity index (χ1n) is 9.04. The van der Waals surface area contributed by atoms with E-state index in [-0.39, 0.29) is 17.7 Å². The molecule has 1 aromatic carbocycles. The molecule has 8 heteroatoms. The number of carbonyl (C=O) groups excluding carboxylic acids is 1. The highest BCUT2D eigenvalue weighted by Crippen LogP contribution is 2.30. The summed E-state index contributed by atoms with van der Waals surface area (Å²) in [6.45, 7) is 4.19. The lowest BCUT2D eigenvalue weighted by atomic mass is 10.1. The zero-order chi connectivity index (χ0) is 19.6. The quantitative estimate of drug-likeness (QED) is 0.457. The monoisotopic (exact) mass is 393 g/mol. The van der Waals surface area contributed by atoms with Gasteiger partial charge in [0, 0.05) is 17.7 Å². The van der Waals surface area contributed by atoms with Gasteiger partial charge in [-0.05, 0) is 25.5 Å². The Morgan fingerprint density at radius 1 is 1.19 bits per heavy atom. The molecule has 0 saturated heterocycles. The molecule has 0 aliphatic carbocycles. The molecule has 1 atom stereocenters. The molecule has 1 aromatic heterocycles. The molecule has 0 spiro atoms. The second-order valence-corrected chi connectivity index (χ2v) is 7.15. The lowest BCUT2D eigenvalue weighted by Gasteiger charge is -2.12. The molecule has 0 aliphatic rings. The zero-order valence-electron chi connectivity index (χ0n) is 16.3. The number of carbonyl (C=O) groups is 1. The summed E-state index contributed by atoms with van der Waals surface area (Å²) in [7, 11) is 3.16. The van der Waals surface area contributed by atoms with Crippen LogP contribution in [0.5, 0.6) is 11.5 Å². The summed E-state index contributed by atoms with van der Waals surface area (Å²) < 4.78 is 16.2. The van der Waals surface area contributed by atoms with Crippen molar-refractivity contribution >= 4 is 17.7 Å². The van der Waals surface area contributed by atoms with Crippen LogP contribution < -0.4 is 14.8 Å². The maximum atomic E-state index is 12.0. The van der Waals surface area contributed by atoms with Crippen molar-refractivity contribution in [1.82, 2.24) is 15.5 Å². The molecule has 7 nitrogen and oxygen atoms in total. The van der Waals surface area contributed by atoms with E-state index >= 15 is 0 Å². The van der Waals surface area contributed by atoms with Crippen molar-refractivity contribution in [2.24, 2.45) is 0 Å². The first-order valence-corrected chi connectivity index (χ1v) is 10.0. The number of hydrogen-bond acceptors (Lipinski definition) is 7. The molecule has 27 heavy (non-hydrogen) atoms. The molecule has 1 heterocycles. The zero-order valence-corrected chi connectivity index (χ0v) is 17.1. The van der Waals surface area contributed by atoms with Crippen molar-refractivity contribution in [3.05, 3.63) is 18.2 Å². The van der Waals surface area contributed by atoms with Gasteiger partial charge in [0.2, 0.25) is 11.8 Å². The number of hydrogen-bond donors (Lipinski definition) is 1. The van der Waals surface area contributed by atoms with Gasteiger partial charge in [-0.1, -0.05) is 37.9 Å². The van der Waals surface area contributed by atoms with Crippen molar-refractivity contribution in [2.45, 2.75) is 50.8 Å². The van der Waals surface area contributed by atoms with Crippen molar-refractivity contribution < 1.29 is 18.7 Å². The number of amides is 1. The van der Waals surface area contributed by atoms with E-state index in [9.17, 15) is 4.79 Å². The highest BCUT2D eigenvalue weighted by molar-refractivity contribution is 7.99. The Morgan fingerprint density at radius 2 is 1.89 bits per heavy atom. The van der Waals surface area contributed by atoms with Gasteiger partial charge >= 0.3 is 0 Å². The second-order valence-electron chi connectivity index (χ2n) is 6.23. The van der Waals surface area contributed by atoms with Gasteiger partial charge in [0.15, 0.2) is 0 Å². The van der Waals surface area contributed by atoms with Crippen molar-refractivity contribution in [2.75, 3.05) is 20.0 Å². The van der Waals surface area contributed by atoms with Crippen LogP contribution in [0.1, 0.15) is 39.5 Å². The van der Waals surface area contributed by atoms with Crippen LogP contribution in [0, 0.1) is 0 Å². The third kappa shape index (κ3) is 6.78. The van der Waals surface area contributed by atoms with E-state index in [4.69, 9.17) is 13.9 Å². The Labute approximate surface area is 164 Å². The van der Waals surface area contributed by atoms with Gasteiger partial charge in [-0.25, -0.2) is 0 Å². The van der Waals surface area contributed by atoms with E-state index in [0.29, 0.717) is 28.2 Å². The van der Waals surface area contributed by atoms with Crippen molar-refractivity contribution in [3.63, 3.8) is 0 Å². The van der Waals surface area contributed by atoms with Crippen LogP contribution in [0.25, 0.3) is 11.5 Å². The van der Waals surface area contributed by atoms with E-state index < -0.39 is 0 Å². The van der Waals surface area contributed by atoms with Gasteiger partial charge in [0.25, 0.3) is 5.22 Å². The van der Waals surface area contributed by atoms with Crippen LogP contribution in [-0.2, 0) is 4.79 Å². The Bertz CT molecular complexity index is 713. The molecular formula is C19H27N3O4S. The smallest absolute Gasteiger partial charge is 0.277 e. The molecule has 148 valence electrons. The molecule has 0 aliphatic heterocycles. The normalized spacial score (nSPS) is 11.9. The maximum Gasteiger partial charge on any atom is 0.277 e. The molecular weight excluding hydrogens is 366 g/mol. The summed E-state index contributed by atoms with van der Waals surface area (Å²) in [5, 5.41) is 11.4. The largest absolute Gasteiger partial charge is 0.497 e. The fraction of sp³-hybridized carbons (Fsp3) is 0.526. The minimum absolute atomic E-state index is 0.0354. The van der Waals surface area contributed by atoms with Gasteiger partial charge in [-0.15, -0.1) is 10.2 Å². The lowest BCUT2D eigenvalue weighted by molar-refractivity contribution is -0.119. The van der Waals surface area contributed by atoms with Crippen LogP contribution >= 0.6 is 11.8 Å². The van der Waals surface area contributed by atoms with Crippen LogP contribution in [0.4, 0.5) is 0 Å². The Hall–Kier alpha value is -2.22. The average molecular weight is 394 g/mol. The number of benzene rings is 1. The number of unbranched alkanes of at least 4 members (excludes halogenated alkanes) is 2. The van der Waals surface area contributed by atoms with Crippen LogP contribution in [0.3, 0.4) is 0 Å². The molecule has 2 rings (SSSR count). The van der Waals surface area contributed by atoms with Gasteiger partial charge in [0.05, 0.1) is 20.0 Å². The molecule has 0 unspecified atom stereocenters. The number of thioether (sulfide) groups is 1. The van der Waals surface area contributed by atoms with E-state index in [2.05, 4.69) is 22.4 Å². The van der Waals surface area contributed by atoms with Gasteiger partial charge in [-0.3, -0.25) is 4.79 Å². The topological polar surface area (TPSA) is 86.5 Å². The third-order valence-electron chi connectivity index (χ3n) is 3.98. The molecule has 0 bridgehead atoms. The van der Waals surface area contributed by atoms with Gasteiger partial charge < -0.3 is 19.2 Å². The number of nitrogens with zero attached hydrogens (tertiary/aromatic N) is 2. The van der Waals surface area contributed by atoms with Crippen molar-refractivity contribution in [3.8, 4) is 23.0 Å². The first-order chi connectivity index (χ1) is 13.0. The molecule has 0 fully saturated rings. The molecule has 0 saturated carbocycles. The fourth-order valence-electron chi connectivity index (χ4n) is 2.53. The average Bonchev–Trinajstić information content (AvgIpc) is 3.15. The number of aromatic nitrogens is 2. The Morgan fingerprint density at radius 3 is 2.52 bits per heavy atom. The minimum atomic E-state index is -0.0354. The Balaban J connectivity index is 1.90. The Kier molecular flexibility index (Phi) is 8.44. The van der Waals surface area contributed by atoms with Gasteiger partial charge in [-0.2, -0.15) is 0 Å². The lowest BCUT2D eigenvalue weighted by Crippen LogP contribution is -2.33. The van der Waals surface area contributed by atoms with Crippen LogP contribution in [-0.4, -0.2) is 42.1 Å². The minimum Gasteiger partial charge on any atom is -0.497 e. The van der Waals surface area contributed by atoms with E-state index in [1.165, 1.54) is 24.6 Å². The highest BCUT2D eigenvalue weighted by Gasteiger charge is 2.14. The molecule has 1 amide bonds. The number of nitrogens with one attached hydrogen (secondary N) is 1. The standard InChI is InChI=1S/C19H27N3O4S/c1-5-6-7-8-13(2)20-17(23)12-27-19-22-21-18(26-19)14-9-15(24-3)11-16(10-14)25-4/h9-11,13H,5-8,12H2,1-4H3,(H,20,23)/t13-/m0/s1. The van der Waals surface area contributed by atoms with Crippen LogP contribution in [0.2, 0.25) is 0 Å². The summed E-state index contributed by atoms with van der Waals surface area (Å²) in [5.74, 6) is 1.82. The summed E-state index contributed by atoms with van der Waals surface area (Å²) in [6, 6.07) is 5.51. The SMILES string of the molecule is CCCCC[C@H](C)NC(=O)CSc1nnc(-c2cc(OC)cc(OC)c2)o1. The predicted octanol–water partition coefficient (Wildman–Crippen LogP) is 3.93. The number of methoxy groups -OCH3 is 2. The summed E-state index contributed by atoms with van der Waals surface area (Å²) in [4.78, 5) is 12.0. The summed E-state index contributed by atoms with van der Waals surface area (Å²) >= 11 is 1.22. The predicted molar refractivity (Wildman–Crippen MR) is 105 cm³/mol. The molecule has 0 radical (unpaired) electrons. The number of rotatable bonds is 11. The second kappa shape index (κ2) is 10.8. The summed E-state index contributed by atoms with van der Waals surface area (Å²) in [6.07, 6.45) is 4.48. The summed E-state index contributed by atoms with van der Waals surface area (Å²) in [5.41, 5.74) is 0.694. The van der Waals surface area contributed by atoms with E-state index in [0.717, 1.165) is 12.8 Å². The maximum absolute atomic E-state index is 12.0. The highest BCUT2D eigenvalue weighted by atomic mass is 32.2. The first kappa shape index (κ1) is 21.1. The third-order valence-corrected chi connectivity index (χ3v) is 4.80.